The molecule has 0 unspecified atom stereocenters. The highest BCUT2D eigenvalue weighted by Crippen LogP contribution is 2.39. The highest BCUT2D eigenvalue weighted by atomic mass is 19.3. The first-order valence-corrected chi connectivity index (χ1v) is 4.16. The molecule has 0 aromatic carbocycles. The van der Waals surface area contributed by atoms with E-state index in [1.165, 1.54) is 0 Å². The van der Waals surface area contributed by atoms with Crippen molar-refractivity contribution >= 4 is 11.8 Å². The maximum absolute atomic E-state index is 12.8. The van der Waals surface area contributed by atoms with E-state index >= 15 is 0 Å². The molecule has 0 rings (SSSR count). The fourth-order valence-corrected chi connectivity index (χ4v) is 0.847. The molecule has 0 heterocycles. The van der Waals surface area contributed by atoms with Crippen LogP contribution in [0.15, 0.2) is 0 Å². The second-order valence-corrected chi connectivity index (χ2v) is 2.95. The Kier molecular flexibility index (Phi) is 4.24. The minimum atomic E-state index is -4.79. The number of alkyl halides is 4. The van der Waals surface area contributed by atoms with Gasteiger partial charge in [-0.25, -0.2) is 0 Å². The van der Waals surface area contributed by atoms with Crippen LogP contribution in [-0.2, 0) is 9.59 Å². The van der Waals surface area contributed by atoms with Gasteiger partial charge in [-0.1, -0.05) is 6.92 Å². The molecule has 7 heteroatoms. The lowest BCUT2D eigenvalue weighted by Crippen LogP contribution is -2.47. The van der Waals surface area contributed by atoms with Crippen molar-refractivity contribution in [2.75, 3.05) is 0 Å². The van der Waals surface area contributed by atoms with Crippen LogP contribution >= 0.6 is 0 Å². The summed E-state index contributed by atoms with van der Waals surface area (Å²) in [5.41, 5.74) is 0. The number of halogens is 4. The van der Waals surface area contributed by atoms with Crippen LogP contribution in [0.3, 0.4) is 0 Å². The van der Waals surface area contributed by atoms with Crippen molar-refractivity contribution in [3.05, 3.63) is 0 Å². The molecule has 0 radical (unpaired) electrons. The van der Waals surface area contributed by atoms with Gasteiger partial charge in [0.05, 0.1) is 6.42 Å². The van der Waals surface area contributed by atoms with Crippen molar-refractivity contribution in [2.45, 2.75) is 38.0 Å². The molecule has 15 heavy (non-hydrogen) atoms. The molecule has 3 nitrogen and oxygen atoms in total. The molecule has 0 aromatic heterocycles. The number of ketones is 1. The molecule has 0 atom stereocenters. The van der Waals surface area contributed by atoms with Crippen LogP contribution in [0.2, 0.25) is 0 Å². The first kappa shape index (κ1) is 13.9. The zero-order valence-electron chi connectivity index (χ0n) is 7.90. The number of hydrogen-bond donors (Lipinski definition) is 1. The van der Waals surface area contributed by atoms with Crippen LogP contribution in [0, 0.1) is 0 Å². The smallest absolute Gasteiger partial charge is 0.367 e. The second kappa shape index (κ2) is 4.59. The maximum Gasteiger partial charge on any atom is 0.367 e. The number of hydrogen-bond acceptors (Lipinski definition) is 2. The zero-order valence-corrected chi connectivity index (χ0v) is 7.90. The first-order valence-electron chi connectivity index (χ1n) is 4.16. The van der Waals surface area contributed by atoms with Gasteiger partial charge in [0.15, 0.2) is 0 Å². The summed E-state index contributed by atoms with van der Waals surface area (Å²) in [4.78, 5) is 20.5. The van der Waals surface area contributed by atoms with E-state index in [0.717, 1.165) is 6.92 Å². The quantitative estimate of drug-likeness (QED) is 0.711. The summed E-state index contributed by atoms with van der Waals surface area (Å²) in [6, 6.07) is 0. The van der Waals surface area contributed by atoms with Crippen LogP contribution in [0.1, 0.15) is 26.2 Å². The fourth-order valence-electron chi connectivity index (χ4n) is 0.847. The van der Waals surface area contributed by atoms with E-state index in [2.05, 4.69) is 0 Å². The molecular weight excluding hydrogens is 220 g/mol. The van der Waals surface area contributed by atoms with Crippen LogP contribution < -0.4 is 0 Å². The third-order valence-electron chi connectivity index (χ3n) is 1.78. The molecule has 0 aliphatic heterocycles. The molecule has 88 valence electrons. The molecule has 0 spiro atoms. The maximum atomic E-state index is 12.8. The van der Waals surface area contributed by atoms with E-state index in [1.54, 1.807) is 0 Å². The lowest BCUT2D eigenvalue weighted by molar-refractivity contribution is -0.211. The van der Waals surface area contributed by atoms with Crippen molar-refractivity contribution in [1.29, 1.82) is 0 Å². The van der Waals surface area contributed by atoms with Gasteiger partial charge in [0.1, 0.15) is 0 Å². The predicted molar refractivity (Wildman–Crippen MR) is 42.1 cm³/mol. The fraction of sp³-hybridized carbons (Fsp3) is 0.750. The number of carbonyl (C=O) groups excluding carboxylic acids is 1. The number of carboxylic acids is 1. The minimum Gasteiger partial charge on any atom is -0.481 e. The van der Waals surface area contributed by atoms with Crippen LogP contribution in [0.4, 0.5) is 17.6 Å². The summed E-state index contributed by atoms with van der Waals surface area (Å²) >= 11 is 0. The molecule has 0 aromatic rings. The molecule has 0 saturated heterocycles. The van der Waals surface area contributed by atoms with Gasteiger partial charge in [-0.2, -0.15) is 17.6 Å². The number of carbonyl (C=O) groups is 2. The summed E-state index contributed by atoms with van der Waals surface area (Å²) in [5, 5.41) is 8.08. The van der Waals surface area contributed by atoms with E-state index in [4.69, 9.17) is 5.11 Å². The van der Waals surface area contributed by atoms with E-state index in [1.807, 2.05) is 0 Å². The molecule has 0 amide bonds. The lowest BCUT2D eigenvalue weighted by atomic mass is 10.0. The average molecular weight is 230 g/mol. The van der Waals surface area contributed by atoms with Gasteiger partial charge in [-0.05, 0) is 0 Å². The van der Waals surface area contributed by atoms with Crippen LogP contribution in [-0.4, -0.2) is 28.7 Å². The monoisotopic (exact) mass is 230 g/mol. The van der Waals surface area contributed by atoms with Crippen molar-refractivity contribution in [3.8, 4) is 0 Å². The number of Topliss-reactive ketones (excluding diaryl/α,β-unsaturated/α-hetero) is 1. The Hall–Kier alpha value is -1.14. The largest absolute Gasteiger partial charge is 0.481 e. The van der Waals surface area contributed by atoms with E-state index < -0.39 is 42.9 Å². The normalized spacial score (nSPS) is 12.6. The van der Waals surface area contributed by atoms with Crippen molar-refractivity contribution in [1.82, 2.24) is 0 Å². The van der Waals surface area contributed by atoms with Gasteiger partial charge in [0.2, 0.25) is 5.78 Å². The molecule has 0 fully saturated rings. The highest BCUT2D eigenvalue weighted by Gasteiger charge is 2.60. The molecule has 0 saturated carbocycles. The lowest BCUT2D eigenvalue weighted by Gasteiger charge is -2.24. The third kappa shape index (κ3) is 3.17. The van der Waals surface area contributed by atoms with Gasteiger partial charge in [0, 0.05) is 12.8 Å². The summed E-state index contributed by atoms with van der Waals surface area (Å²) in [7, 11) is 0. The minimum absolute atomic E-state index is 0.727. The Labute approximate surface area is 83.1 Å². The van der Waals surface area contributed by atoms with Gasteiger partial charge in [0.25, 0.3) is 0 Å². The Morgan fingerprint density at radius 3 is 2.00 bits per heavy atom. The van der Waals surface area contributed by atoms with E-state index in [0.29, 0.717) is 0 Å². The van der Waals surface area contributed by atoms with Gasteiger partial charge in [-0.15, -0.1) is 0 Å². The Morgan fingerprint density at radius 1 is 1.20 bits per heavy atom. The van der Waals surface area contributed by atoms with Gasteiger partial charge >= 0.3 is 17.8 Å². The van der Waals surface area contributed by atoms with Crippen LogP contribution in [0.5, 0.6) is 0 Å². The Morgan fingerprint density at radius 2 is 1.67 bits per heavy atom. The SMILES string of the molecule is CCC(=O)C(F)(F)C(F)(F)CCC(=O)O. The topological polar surface area (TPSA) is 54.4 Å². The highest BCUT2D eigenvalue weighted by molar-refractivity contribution is 5.86. The molecule has 1 N–H and O–H groups in total. The van der Waals surface area contributed by atoms with Crippen molar-refractivity contribution in [2.24, 2.45) is 0 Å². The molecular formula is C8H10F4O3. The van der Waals surface area contributed by atoms with Crippen molar-refractivity contribution in [3.63, 3.8) is 0 Å². The predicted octanol–water partition coefficient (Wildman–Crippen LogP) is 2.10. The van der Waals surface area contributed by atoms with Gasteiger partial charge in [-0.3, -0.25) is 9.59 Å². The standard InChI is InChI=1S/C8H10F4O3/c1-2-5(13)8(11,12)7(9,10)4-3-6(14)15/h2-4H2,1H3,(H,14,15). The zero-order chi connectivity index (χ0) is 12.3. The Bertz CT molecular complexity index is 263. The molecule has 0 bridgehead atoms. The van der Waals surface area contributed by atoms with E-state index in [-0.39, 0.29) is 0 Å². The number of carboxylic acid groups (broad SMARTS) is 1. The van der Waals surface area contributed by atoms with Crippen molar-refractivity contribution < 1.29 is 32.3 Å². The summed E-state index contributed by atoms with van der Waals surface area (Å²) in [5.74, 6) is -12.9. The summed E-state index contributed by atoms with van der Waals surface area (Å²) in [6.07, 6.45) is -3.39. The van der Waals surface area contributed by atoms with E-state index in [9.17, 15) is 27.2 Å². The summed E-state index contributed by atoms with van der Waals surface area (Å²) < 4.78 is 51.0. The van der Waals surface area contributed by atoms with Gasteiger partial charge < -0.3 is 5.11 Å². The molecule has 0 aliphatic carbocycles. The third-order valence-corrected chi connectivity index (χ3v) is 1.78. The Balaban J connectivity index is 4.68. The second-order valence-electron chi connectivity index (χ2n) is 2.95. The number of rotatable bonds is 6. The van der Waals surface area contributed by atoms with Crippen LogP contribution in [0.25, 0.3) is 0 Å². The molecule has 0 aliphatic rings. The first-order chi connectivity index (χ1) is 6.65. The summed E-state index contributed by atoms with van der Waals surface area (Å²) in [6.45, 7) is 1.03. The average Bonchev–Trinajstić information content (AvgIpc) is 2.13. The number of aliphatic carboxylic acids is 1.